The predicted molar refractivity (Wildman–Crippen MR) is 62.7 cm³/mol. The van der Waals surface area contributed by atoms with Crippen molar-refractivity contribution in [1.82, 2.24) is 0 Å². The largest absolute Gasteiger partial charge is 0.295 e. The van der Waals surface area contributed by atoms with Crippen molar-refractivity contribution in [3.05, 3.63) is 41.5 Å². The van der Waals surface area contributed by atoms with Crippen molar-refractivity contribution in [1.29, 1.82) is 0 Å². The number of hydrogen-bond donors (Lipinski definition) is 0. The molecule has 1 heteroatoms. The summed E-state index contributed by atoms with van der Waals surface area (Å²) >= 11 is 0. The van der Waals surface area contributed by atoms with E-state index in [-0.39, 0.29) is 5.78 Å². The summed E-state index contributed by atoms with van der Waals surface area (Å²) in [4.78, 5) is 11.3. The van der Waals surface area contributed by atoms with Gasteiger partial charge in [0.1, 0.15) is 0 Å². The quantitative estimate of drug-likeness (QED) is 0.715. The molecule has 0 amide bonds. The van der Waals surface area contributed by atoms with Crippen molar-refractivity contribution < 1.29 is 4.79 Å². The SMILES string of the molecule is CCc1cccc(C2=CC(=O)CCC2)c1. The fraction of sp³-hybridized carbons (Fsp3) is 0.357. The minimum Gasteiger partial charge on any atom is -0.295 e. The molecular weight excluding hydrogens is 184 g/mol. The first-order valence-electron chi connectivity index (χ1n) is 5.62. The molecule has 0 N–H and O–H groups in total. The third-order valence-corrected chi connectivity index (χ3v) is 2.91. The molecular formula is C14H16O. The molecule has 0 saturated carbocycles. The zero-order valence-electron chi connectivity index (χ0n) is 9.12. The molecule has 78 valence electrons. The van der Waals surface area contributed by atoms with E-state index >= 15 is 0 Å². The Bertz CT molecular complexity index is 402. The van der Waals surface area contributed by atoms with Gasteiger partial charge >= 0.3 is 0 Å². The lowest BCUT2D eigenvalue weighted by Gasteiger charge is -2.12. The van der Waals surface area contributed by atoms with E-state index in [0.717, 1.165) is 25.7 Å². The topological polar surface area (TPSA) is 17.1 Å². The third-order valence-electron chi connectivity index (χ3n) is 2.91. The molecule has 0 radical (unpaired) electrons. The van der Waals surface area contributed by atoms with Crippen molar-refractivity contribution in [3.63, 3.8) is 0 Å². The fourth-order valence-electron chi connectivity index (χ4n) is 2.01. The molecule has 0 aliphatic heterocycles. The average Bonchev–Trinajstić information content (AvgIpc) is 2.29. The van der Waals surface area contributed by atoms with E-state index < -0.39 is 0 Å². The molecule has 0 bridgehead atoms. The molecule has 0 unspecified atom stereocenters. The highest BCUT2D eigenvalue weighted by atomic mass is 16.1. The van der Waals surface area contributed by atoms with Crippen LogP contribution in [0.5, 0.6) is 0 Å². The van der Waals surface area contributed by atoms with Crippen LogP contribution in [0.4, 0.5) is 0 Å². The van der Waals surface area contributed by atoms with Gasteiger partial charge in [0.25, 0.3) is 0 Å². The Morgan fingerprint density at radius 1 is 1.27 bits per heavy atom. The number of carbonyl (C=O) groups excluding carboxylic acids is 1. The lowest BCUT2D eigenvalue weighted by atomic mass is 9.92. The molecule has 0 spiro atoms. The Kier molecular flexibility index (Phi) is 3.00. The zero-order valence-corrected chi connectivity index (χ0v) is 9.12. The summed E-state index contributed by atoms with van der Waals surface area (Å²) in [5, 5.41) is 0. The summed E-state index contributed by atoms with van der Waals surface area (Å²) < 4.78 is 0. The first-order valence-corrected chi connectivity index (χ1v) is 5.62. The average molecular weight is 200 g/mol. The van der Waals surface area contributed by atoms with E-state index in [2.05, 4.69) is 31.2 Å². The van der Waals surface area contributed by atoms with Crippen LogP contribution in [0.1, 0.15) is 37.3 Å². The number of aryl methyl sites for hydroxylation is 1. The van der Waals surface area contributed by atoms with Crippen molar-refractivity contribution in [2.45, 2.75) is 32.6 Å². The molecule has 1 nitrogen and oxygen atoms in total. The van der Waals surface area contributed by atoms with Gasteiger partial charge in [-0.3, -0.25) is 4.79 Å². The van der Waals surface area contributed by atoms with Gasteiger partial charge in [-0.25, -0.2) is 0 Å². The smallest absolute Gasteiger partial charge is 0.155 e. The van der Waals surface area contributed by atoms with Crippen molar-refractivity contribution >= 4 is 11.4 Å². The second-order valence-corrected chi connectivity index (χ2v) is 4.04. The van der Waals surface area contributed by atoms with Crippen LogP contribution >= 0.6 is 0 Å². The summed E-state index contributed by atoms with van der Waals surface area (Å²) in [5.74, 6) is 0.276. The van der Waals surface area contributed by atoms with Gasteiger partial charge < -0.3 is 0 Å². The molecule has 1 aromatic rings. The van der Waals surface area contributed by atoms with Crippen LogP contribution in [0, 0.1) is 0 Å². The maximum Gasteiger partial charge on any atom is 0.155 e. The molecule has 0 aromatic heterocycles. The Labute approximate surface area is 90.8 Å². The first kappa shape index (κ1) is 10.2. The molecule has 1 aliphatic rings. The van der Waals surface area contributed by atoms with Crippen LogP contribution in [0.2, 0.25) is 0 Å². The molecule has 1 aromatic carbocycles. The van der Waals surface area contributed by atoms with E-state index in [0.29, 0.717) is 0 Å². The van der Waals surface area contributed by atoms with Gasteiger partial charge in [-0.2, -0.15) is 0 Å². The summed E-state index contributed by atoms with van der Waals surface area (Å²) in [7, 11) is 0. The Morgan fingerprint density at radius 2 is 2.13 bits per heavy atom. The first-order chi connectivity index (χ1) is 7.29. The molecule has 0 atom stereocenters. The third kappa shape index (κ3) is 2.35. The summed E-state index contributed by atoms with van der Waals surface area (Å²) in [6.07, 6.45) is 5.63. The number of rotatable bonds is 2. The number of ketones is 1. The van der Waals surface area contributed by atoms with Gasteiger partial charge in [0.05, 0.1) is 0 Å². The Hall–Kier alpha value is -1.37. The van der Waals surface area contributed by atoms with E-state index in [4.69, 9.17) is 0 Å². The van der Waals surface area contributed by atoms with Gasteiger partial charge in [-0.05, 0) is 42.0 Å². The lowest BCUT2D eigenvalue weighted by Crippen LogP contribution is -2.02. The number of benzene rings is 1. The van der Waals surface area contributed by atoms with E-state index in [9.17, 15) is 4.79 Å². The fourth-order valence-corrected chi connectivity index (χ4v) is 2.01. The highest BCUT2D eigenvalue weighted by Gasteiger charge is 2.11. The number of carbonyl (C=O) groups is 1. The van der Waals surface area contributed by atoms with Gasteiger partial charge in [0.2, 0.25) is 0 Å². The maximum atomic E-state index is 11.3. The molecule has 1 aliphatic carbocycles. The van der Waals surface area contributed by atoms with Crippen molar-refractivity contribution in [3.8, 4) is 0 Å². The molecule has 2 rings (SSSR count). The Morgan fingerprint density at radius 3 is 2.87 bits per heavy atom. The van der Waals surface area contributed by atoms with Crippen molar-refractivity contribution in [2.24, 2.45) is 0 Å². The predicted octanol–water partition coefficient (Wildman–Crippen LogP) is 3.39. The second kappa shape index (κ2) is 4.43. The normalized spacial score (nSPS) is 16.3. The lowest BCUT2D eigenvalue weighted by molar-refractivity contribution is -0.114. The minimum absolute atomic E-state index is 0.276. The second-order valence-electron chi connectivity index (χ2n) is 4.04. The summed E-state index contributed by atoms with van der Waals surface area (Å²) in [6.45, 7) is 2.15. The van der Waals surface area contributed by atoms with Gasteiger partial charge in [-0.15, -0.1) is 0 Å². The zero-order chi connectivity index (χ0) is 10.7. The summed E-state index contributed by atoms with van der Waals surface area (Å²) in [5.41, 5.74) is 3.77. The molecule has 0 fully saturated rings. The van der Waals surface area contributed by atoms with E-state index in [1.807, 2.05) is 6.08 Å². The van der Waals surface area contributed by atoms with E-state index in [1.165, 1.54) is 16.7 Å². The Balaban J connectivity index is 2.32. The molecule has 0 saturated heterocycles. The van der Waals surface area contributed by atoms with Crippen LogP contribution in [0.3, 0.4) is 0 Å². The summed E-state index contributed by atoms with van der Waals surface area (Å²) in [6, 6.07) is 8.51. The standard InChI is InChI=1S/C14H16O/c1-2-11-5-3-6-12(9-11)13-7-4-8-14(15)10-13/h3,5-6,9-10H,2,4,7-8H2,1H3. The van der Waals surface area contributed by atoms with Crippen LogP contribution < -0.4 is 0 Å². The van der Waals surface area contributed by atoms with Gasteiger partial charge in [0, 0.05) is 6.42 Å². The number of hydrogen-bond acceptors (Lipinski definition) is 1. The number of allylic oxidation sites excluding steroid dienone is 2. The minimum atomic E-state index is 0.276. The van der Waals surface area contributed by atoms with Crippen molar-refractivity contribution in [2.75, 3.05) is 0 Å². The van der Waals surface area contributed by atoms with Gasteiger partial charge in [0.15, 0.2) is 5.78 Å². The van der Waals surface area contributed by atoms with Crippen LogP contribution in [0.15, 0.2) is 30.3 Å². The highest BCUT2D eigenvalue weighted by Crippen LogP contribution is 2.25. The molecule has 15 heavy (non-hydrogen) atoms. The maximum absolute atomic E-state index is 11.3. The molecule has 0 heterocycles. The highest BCUT2D eigenvalue weighted by molar-refractivity contribution is 5.98. The monoisotopic (exact) mass is 200 g/mol. The van der Waals surface area contributed by atoms with Crippen LogP contribution in [0.25, 0.3) is 5.57 Å². The van der Waals surface area contributed by atoms with Crippen LogP contribution in [-0.4, -0.2) is 5.78 Å². The van der Waals surface area contributed by atoms with E-state index in [1.54, 1.807) is 0 Å². The van der Waals surface area contributed by atoms with Crippen LogP contribution in [-0.2, 0) is 11.2 Å². The van der Waals surface area contributed by atoms with Gasteiger partial charge in [-0.1, -0.05) is 31.2 Å².